The summed E-state index contributed by atoms with van der Waals surface area (Å²) in [5.41, 5.74) is 0.279. The smallest absolute Gasteiger partial charge is 0.134 e. The number of carbonyl (C=O) groups excluding carboxylic acids is 1. The van der Waals surface area contributed by atoms with Gasteiger partial charge in [-0.2, -0.15) is 0 Å². The van der Waals surface area contributed by atoms with Crippen LogP contribution in [0, 0.1) is 34.0 Å². The van der Waals surface area contributed by atoms with Gasteiger partial charge in [0, 0.05) is 18.3 Å². The van der Waals surface area contributed by atoms with Crippen LogP contribution < -0.4 is 0 Å². The number of carbonyl (C=O) groups is 1. The van der Waals surface area contributed by atoms with Gasteiger partial charge >= 0.3 is 0 Å². The van der Waals surface area contributed by atoms with Crippen molar-refractivity contribution < 1.29 is 20.1 Å². The summed E-state index contributed by atoms with van der Waals surface area (Å²) in [5, 5.41) is 31.1. The van der Waals surface area contributed by atoms with Crippen LogP contribution >= 0.6 is 0 Å². The number of aliphatic hydroxyl groups is 3. The van der Waals surface area contributed by atoms with Crippen LogP contribution in [0.25, 0.3) is 0 Å². The Morgan fingerprint density at radius 2 is 1.92 bits per heavy atom. The average Bonchev–Trinajstić information content (AvgIpc) is 2.75. The van der Waals surface area contributed by atoms with E-state index in [1.165, 1.54) is 5.57 Å². The summed E-state index contributed by atoms with van der Waals surface area (Å²) >= 11 is 0. The van der Waals surface area contributed by atoms with E-state index in [1.54, 1.807) is 0 Å². The molecule has 4 saturated carbocycles. The largest absolute Gasteiger partial charge is 0.396 e. The van der Waals surface area contributed by atoms with Crippen molar-refractivity contribution in [3.8, 4) is 0 Å². The van der Waals surface area contributed by atoms with E-state index in [4.69, 9.17) is 0 Å². The van der Waals surface area contributed by atoms with Crippen LogP contribution in [0.1, 0.15) is 51.9 Å². The van der Waals surface area contributed by atoms with Crippen molar-refractivity contribution >= 4 is 5.78 Å². The zero-order valence-electron chi connectivity index (χ0n) is 14.6. The molecule has 1 spiro atoms. The van der Waals surface area contributed by atoms with E-state index in [0.717, 1.165) is 32.1 Å². The maximum atomic E-state index is 12.6. The van der Waals surface area contributed by atoms with Gasteiger partial charge in [-0.3, -0.25) is 4.79 Å². The first-order valence-corrected chi connectivity index (χ1v) is 9.39. The molecule has 4 aliphatic rings. The number of fused-ring (bicyclic) bond motifs is 3. The van der Waals surface area contributed by atoms with E-state index in [2.05, 4.69) is 13.5 Å². The first-order valence-electron chi connectivity index (χ1n) is 9.39. The summed E-state index contributed by atoms with van der Waals surface area (Å²) in [6.07, 6.45) is 5.10. The lowest BCUT2D eigenvalue weighted by Crippen LogP contribution is -2.63. The van der Waals surface area contributed by atoms with Gasteiger partial charge < -0.3 is 15.3 Å². The quantitative estimate of drug-likeness (QED) is 0.676. The Kier molecular flexibility index (Phi) is 3.59. The summed E-state index contributed by atoms with van der Waals surface area (Å²) < 4.78 is 0. The second kappa shape index (κ2) is 5.15. The van der Waals surface area contributed by atoms with Crippen molar-refractivity contribution in [2.24, 2.45) is 34.0 Å². The van der Waals surface area contributed by atoms with Crippen LogP contribution in [0.15, 0.2) is 12.2 Å². The maximum Gasteiger partial charge on any atom is 0.134 e. The van der Waals surface area contributed by atoms with Crippen LogP contribution in [0.5, 0.6) is 0 Å². The minimum atomic E-state index is -0.724. The van der Waals surface area contributed by atoms with Crippen molar-refractivity contribution in [2.45, 2.75) is 58.0 Å². The third-order valence-electron chi connectivity index (χ3n) is 8.31. The number of allylic oxidation sites excluding steroid dienone is 1. The average molecular weight is 334 g/mol. The van der Waals surface area contributed by atoms with Gasteiger partial charge in [-0.05, 0) is 60.7 Å². The highest BCUT2D eigenvalue weighted by atomic mass is 16.3. The highest BCUT2D eigenvalue weighted by molar-refractivity contribution is 5.81. The molecule has 0 aromatic carbocycles. The Hall–Kier alpha value is -0.710. The molecule has 4 rings (SSSR count). The predicted octanol–water partition coefficient (Wildman–Crippen LogP) is 2.07. The Bertz CT molecular complexity index is 580. The van der Waals surface area contributed by atoms with Gasteiger partial charge in [0.2, 0.25) is 0 Å². The summed E-state index contributed by atoms with van der Waals surface area (Å²) in [6.45, 7) is 6.10. The van der Waals surface area contributed by atoms with Crippen molar-refractivity contribution in [3.05, 3.63) is 12.2 Å². The van der Waals surface area contributed by atoms with E-state index in [-0.39, 0.29) is 48.1 Å². The third kappa shape index (κ3) is 1.94. The highest BCUT2D eigenvalue weighted by Gasteiger charge is 2.67. The number of hydrogen-bond acceptors (Lipinski definition) is 4. The van der Waals surface area contributed by atoms with E-state index >= 15 is 0 Å². The monoisotopic (exact) mass is 334 g/mol. The molecule has 3 N–H and O–H groups in total. The number of rotatable bonds is 2. The molecule has 4 nitrogen and oxygen atoms in total. The van der Waals surface area contributed by atoms with Crippen LogP contribution in [0.4, 0.5) is 0 Å². The Morgan fingerprint density at radius 1 is 1.21 bits per heavy atom. The van der Waals surface area contributed by atoms with Crippen LogP contribution in [-0.2, 0) is 4.79 Å². The lowest BCUT2D eigenvalue weighted by atomic mass is 9.40. The normalized spacial score (nSPS) is 49.7. The first kappa shape index (κ1) is 16.7. The van der Waals surface area contributed by atoms with Gasteiger partial charge in [-0.1, -0.05) is 19.1 Å². The molecule has 134 valence electrons. The minimum Gasteiger partial charge on any atom is -0.396 e. The predicted molar refractivity (Wildman–Crippen MR) is 90.1 cm³/mol. The third-order valence-corrected chi connectivity index (χ3v) is 8.31. The second-order valence-corrected chi connectivity index (χ2v) is 9.55. The number of ketones is 1. The zero-order chi connectivity index (χ0) is 17.3. The molecule has 0 amide bonds. The van der Waals surface area contributed by atoms with Gasteiger partial charge in [-0.15, -0.1) is 0 Å². The van der Waals surface area contributed by atoms with Crippen molar-refractivity contribution in [3.63, 3.8) is 0 Å². The van der Waals surface area contributed by atoms with E-state index < -0.39 is 11.5 Å². The lowest BCUT2D eigenvalue weighted by Gasteiger charge is -2.64. The van der Waals surface area contributed by atoms with Gasteiger partial charge in [0.1, 0.15) is 5.78 Å². The topological polar surface area (TPSA) is 77.8 Å². The zero-order valence-corrected chi connectivity index (χ0v) is 14.6. The highest BCUT2D eigenvalue weighted by Crippen LogP contribution is 2.71. The van der Waals surface area contributed by atoms with E-state index in [9.17, 15) is 20.1 Å². The first-order chi connectivity index (χ1) is 11.3. The van der Waals surface area contributed by atoms with Crippen molar-refractivity contribution in [1.29, 1.82) is 0 Å². The summed E-state index contributed by atoms with van der Waals surface area (Å²) in [4.78, 5) is 12.6. The molecule has 6 atom stereocenters. The van der Waals surface area contributed by atoms with Gasteiger partial charge in [0.05, 0.1) is 19.3 Å². The molecule has 4 aliphatic carbocycles. The summed E-state index contributed by atoms with van der Waals surface area (Å²) in [6, 6.07) is 0. The van der Waals surface area contributed by atoms with Crippen LogP contribution in [0.2, 0.25) is 0 Å². The summed E-state index contributed by atoms with van der Waals surface area (Å²) in [7, 11) is 0. The van der Waals surface area contributed by atoms with Crippen molar-refractivity contribution in [1.82, 2.24) is 0 Å². The fourth-order valence-electron chi connectivity index (χ4n) is 7.71. The molecule has 0 radical (unpaired) electrons. The molecular formula is C20H30O4. The van der Waals surface area contributed by atoms with Crippen molar-refractivity contribution in [2.75, 3.05) is 13.2 Å². The van der Waals surface area contributed by atoms with Gasteiger partial charge in [-0.25, -0.2) is 0 Å². The van der Waals surface area contributed by atoms with Gasteiger partial charge in [0.25, 0.3) is 0 Å². The Balaban J connectivity index is 1.81. The van der Waals surface area contributed by atoms with Gasteiger partial charge in [0.15, 0.2) is 0 Å². The number of aliphatic hydroxyl groups excluding tert-OH is 3. The van der Waals surface area contributed by atoms with Crippen LogP contribution in [-0.4, -0.2) is 40.4 Å². The maximum absolute atomic E-state index is 12.6. The molecule has 1 unspecified atom stereocenters. The fourth-order valence-corrected chi connectivity index (χ4v) is 7.71. The fraction of sp³-hybridized carbons (Fsp3) is 0.850. The standard InChI is InChI=1S/C20H30O4/c1-12-6-19-4-3-16-18(2,17(19)15(24)5-13(12)7-19)8-14(23)9-20(16,10-21)11-22/h13,15-17,21-22,24H,1,3-11H2,2H3/t13-,15?,16-,17-,18-,19-/m0/s1. The summed E-state index contributed by atoms with van der Waals surface area (Å²) in [5.74, 6) is 0.713. The molecule has 0 aliphatic heterocycles. The molecule has 2 bridgehead atoms. The second-order valence-electron chi connectivity index (χ2n) is 9.55. The number of Topliss-reactive ketones (excluding diaryl/α,β-unsaturated/α-hetero) is 1. The van der Waals surface area contributed by atoms with E-state index in [1.807, 2.05) is 0 Å². The number of hydrogen-bond donors (Lipinski definition) is 3. The molecule has 4 fully saturated rings. The molecular weight excluding hydrogens is 304 g/mol. The Morgan fingerprint density at radius 3 is 2.58 bits per heavy atom. The molecule has 24 heavy (non-hydrogen) atoms. The SMILES string of the molecule is C=C1C[C@]23CC[C@@H]4C(CO)(CO)CC(=O)C[C@]4(C)[C@@H]2C(O)C[C@H]1C3. The molecule has 0 aromatic heterocycles. The van der Waals surface area contributed by atoms with E-state index in [0.29, 0.717) is 12.3 Å². The lowest BCUT2D eigenvalue weighted by molar-refractivity contribution is -0.203. The Labute approximate surface area is 144 Å². The molecule has 4 heteroatoms. The minimum absolute atomic E-state index is 0.0684. The molecule has 0 heterocycles. The molecule has 0 saturated heterocycles. The molecule has 0 aromatic rings. The van der Waals surface area contributed by atoms with Crippen LogP contribution in [0.3, 0.4) is 0 Å².